The Bertz CT molecular complexity index is 422. The zero-order chi connectivity index (χ0) is 12.8. The largest absolute Gasteiger partial charge is 0.480 e. The van der Waals surface area contributed by atoms with E-state index in [1.807, 2.05) is 0 Å². The third-order valence-electron chi connectivity index (χ3n) is 2.14. The molecule has 0 saturated carbocycles. The second-order valence-electron chi connectivity index (χ2n) is 3.36. The van der Waals surface area contributed by atoms with Gasteiger partial charge in [-0.1, -0.05) is 12.1 Å². The fourth-order valence-electron chi connectivity index (χ4n) is 1.27. The number of aliphatic carboxylic acids is 1. The molecule has 1 rings (SSSR count). The highest BCUT2D eigenvalue weighted by molar-refractivity contribution is 5.96. The molecule has 0 radical (unpaired) electrons. The number of carboxylic acids is 1. The van der Waals surface area contributed by atoms with Crippen molar-refractivity contribution in [1.29, 1.82) is 0 Å². The topological polar surface area (TPSA) is 86.6 Å². The van der Waals surface area contributed by atoms with Crippen molar-refractivity contribution in [2.24, 2.45) is 0 Å². The molecule has 17 heavy (non-hydrogen) atoms. The van der Waals surface area contributed by atoms with Crippen molar-refractivity contribution < 1.29 is 24.2 Å². The smallest absolute Gasteiger partial charge is 0.326 e. The first-order valence-corrected chi connectivity index (χ1v) is 4.95. The summed E-state index contributed by atoms with van der Waals surface area (Å²) in [6.07, 6.45) is -0.129. The SMILES string of the molecule is O=C(NC(CCO)C(=O)O)c1ccccc1F. The Kier molecular flexibility index (Phi) is 4.59. The van der Waals surface area contributed by atoms with Gasteiger partial charge in [-0.05, 0) is 12.1 Å². The molecule has 1 atom stereocenters. The number of aliphatic hydroxyl groups is 1. The molecule has 0 aliphatic rings. The van der Waals surface area contributed by atoms with E-state index in [9.17, 15) is 14.0 Å². The van der Waals surface area contributed by atoms with Crippen molar-refractivity contribution in [1.82, 2.24) is 5.32 Å². The van der Waals surface area contributed by atoms with Crippen molar-refractivity contribution in [3.8, 4) is 0 Å². The normalized spacial score (nSPS) is 11.9. The van der Waals surface area contributed by atoms with Crippen LogP contribution in [0.5, 0.6) is 0 Å². The quantitative estimate of drug-likeness (QED) is 0.696. The molecule has 92 valence electrons. The molecule has 1 amide bonds. The first-order chi connectivity index (χ1) is 8.06. The van der Waals surface area contributed by atoms with Crippen LogP contribution in [0.2, 0.25) is 0 Å². The van der Waals surface area contributed by atoms with Crippen LogP contribution in [0.1, 0.15) is 16.8 Å². The first-order valence-electron chi connectivity index (χ1n) is 4.95. The Hall–Kier alpha value is -1.95. The average molecular weight is 241 g/mol. The lowest BCUT2D eigenvalue weighted by Gasteiger charge is -2.13. The molecule has 5 nitrogen and oxygen atoms in total. The fraction of sp³-hybridized carbons (Fsp3) is 0.273. The molecule has 0 saturated heterocycles. The minimum Gasteiger partial charge on any atom is -0.480 e. The number of hydrogen-bond donors (Lipinski definition) is 3. The summed E-state index contributed by atoms with van der Waals surface area (Å²) in [5.74, 6) is -2.81. The second kappa shape index (κ2) is 5.95. The summed E-state index contributed by atoms with van der Waals surface area (Å²) in [5, 5.41) is 19.5. The van der Waals surface area contributed by atoms with E-state index < -0.39 is 23.7 Å². The summed E-state index contributed by atoms with van der Waals surface area (Å²) in [5.41, 5.74) is -0.225. The van der Waals surface area contributed by atoms with E-state index >= 15 is 0 Å². The van der Waals surface area contributed by atoms with Gasteiger partial charge in [-0.2, -0.15) is 0 Å². The Morgan fingerprint density at radius 3 is 2.53 bits per heavy atom. The minimum atomic E-state index is -1.27. The first kappa shape index (κ1) is 13.1. The average Bonchev–Trinajstić information content (AvgIpc) is 2.28. The van der Waals surface area contributed by atoms with E-state index in [0.29, 0.717) is 0 Å². The lowest BCUT2D eigenvalue weighted by molar-refractivity contribution is -0.139. The van der Waals surface area contributed by atoms with Gasteiger partial charge in [-0.3, -0.25) is 4.79 Å². The molecule has 0 spiro atoms. The van der Waals surface area contributed by atoms with E-state index in [2.05, 4.69) is 5.32 Å². The van der Waals surface area contributed by atoms with Gasteiger partial charge in [-0.25, -0.2) is 9.18 Å². The van der Waals surface area contributed by atoms with Crippen LogP contribution in [0.15, 0.2) is 24.3 Å². The monoisotopic (exact) mass is 241 g/mol. The Morgan fingerprint density at radius 1 is 1.35 bits per heavy atom. The van der Waals surface area contributed by atoms with Crippen molar-refractivity contribution >= 4 is 11.9 Å². The lowest BCUT2D eigenvalue weighted by atomic mass is 10.1. The van der Waals surface area contributed by atoms with Crippen LogP contribution in [0.25, 0.3) is 0 Å². The molecule has 3 N–H and O–H groups in total. The number of benzene rings is 1. The van der Waals surface area contributed by atoms with Crippen LogP contribution < -0.4 is 5.32 Å². The molecule has 6 heteroatoms. The van der Waals surface area contributed by atoms with Crippen molar-refractivity contribution in [2.45, 2.75) is 12.5 Å². The minimum absolute atomic E-state index is 0.129. The van der Waals surface area contributed by atoms with Gasteiger partial charge < -0.3 is 15.5 Å². The van der Waals surface area contributed by atoms with E-state index in [1.54, 1.807) is 0 Å². The van der Waals surface area contributed by atoms with Gasteiger partial charge in [0.15, 0.2) is 0 Å². The Morgan fingerprint density at radius 2 is 2.00 bits per heavy atom. The van der Waals surface area contributed by atoms with E-state index in [0.717, 1.165) is 6.07 Å². The van der Waals surface area contributed by atoms with Gasteiger partial charge in [-0.15, -0.1) is 0 Å². The van der Waals surface area contributed by atoms with Crippen LogP contribution >= 0.6 is 0 Å². The standard InChI is InChI=1S/C11H12FNO4/c12-8-4-2-1-3-7(8)10(15)13-9(5-6-14)11(16)17/h1-4,9,14H,5-6H2,(H,13,15)(H,16,17). The van der Waals surface area contributed by atoms with E-state index in [1.165, 1.54) is 18.2 Å². The lowest BCUT2D eigenvalue weighted by Crippen LogP contribution is -2.41. The molecule has 0 bridgehead atoms. The summed E-state index contributed by atoms with van der Waals surface area (Å²) in [6.45, 7) is -0.380. The molecule has 0 heterocycles. The maximum absolute atomic E-state index is 13.2. The van der Waals surface area contributed by atoms with Crippen molar-refractivity contribution in [3.63, 3.8) is 0 Å². The molecule has 0 aromatic heterocycles. The van der Waals surface area contributed by atoms with Gasteiger partial charge >= 0.3 is 5.97 Å². The predicted octanol–water partition coefficient (Wildman–Crippen LogP) is 0.391. The molecule has 1 unspecified atom stereocenters. The number of carboxylic acid groups (broad SMARTS) is 1. The van der Waals surface area contributed by atoms with Crippen LogP contribution in [0, 0.1) is 5.82 Å². The molecular formula is C11H12FNO4. The third kappa shape index (κ3) is 3.53. The summed E-state index contributed by atoms with van der Waals surface area (Å²) in [6, 6.07) is 4.03. The maximum Gasteiger partial charge on any atom is 0.326 e. The summed E-state index contributed by atoms with van der Waals surface area (Å²) in [4.78, 5) is 22.3. The van der Waals surface area contributed by atoms with Crippen molar-refractivity contribution in [3.05, 3.63) is 35.6 Å². The zero-order valence-corrected chi connectivity index (χ0v) is 8.89. The molecular weight excluding hydrogens is 229 g/mol. The number of rotatable bonds is 5. The van der Waals surface area contributed by atoms with Crippen LogP contribution in [-0.4, -0.2) is 34.7 Å². The number of carbonyl (C=O) groups is 2. The van der Waals surface area contributed by atoms with Crippen LogP contribution in [-0.2, 0) is 4.79 Å². The number of amides is 1. The summed E-state index contributed by atoms with van der Waals surface area (Å²) >= 11 is 0. The van der Waals surface area contributed by atoms with Gasteiger partial charge in [0.1, 0.15) is 11.9 Å². The predicted molar refractivity (Wildman–Crippen MR) is 57.0 cm³/mol. The maximum atomic E-state index is 13.2. The van der Waals surface area contributed by atoms with E-state index in [4.69, 9.17) is 10.2 Å². The highest BCUT2D eigenvalue weighted by Crippen LogP contribution is 2.06. The van der Waals surface area contributed by atoms with Crippen LogP contribution in [0.4, 0.5) is 4.39 Å². The fourth-order valence-corrected chi connectivity index (χ4v) is 1.27. The molecule has 0 fully saturated rings. The number of carbonyl (C=O) groups excluding carboxylic acids is 1. The molecule has 1 aromatic carbocycles. The van der Waals surface area contributed by atoms with Gasteiger partial charge in [0.25, 0.3) is 5.91 Å². The zero-order valence-electron chi connectivity index (χ0n) is 8.89. The van der Waals surface area contributed by atoms with Crippen LogP contribution in [0.3, 0.4) is 0 Å². The number of hydrogen-bond acceptors (Lipinski definition) is 3. The highest BCUT2D eigenvalue weighted by Gasteiger charge is 2.21. The second-order valence-corrected chi connectivity index (χ2v) is 3.36. The Balaban J connectivity index is 2.77. The van der Waals surface area contributed by atoms with Gasteiger partial charge in [0, 0.05) is 13.0 Å². The summed E-state index contributed by atoms with van der Waals surface area (Å²) < 4.78 is 13.2. The molecule has 0 aliphatic carbocycles. The van der Waals surface area contributed by atoms with Crippen molar-refractivity contribution in [2.75, 3.05) is 6.61 Å². The van der Waals surface area contributed by atoms with Gasteiger partial charge in [0.05, 0.1) is 5.56 Å². The van der Waals surface area contributed by atoms with E-state index in [-0.39, 0.29) is 18.6 Å². The molecule has 1 aromatic rings. The number of nitrogens with one attached hydrogen (secondary N) is 1. The Labute approximate surface area is 96.9 Å². The van der Waals surface area contributed by atoms with Gasteiger partial charge in [0.2, 0.25) is 0 Å². The molecule has 0 aliphatic heterocycles. The number of aliphatic hydroxyl groups excluding tert-OH is 1. The number of halogens is 1. The summed E-state index contributed by atoms with van der Waals surface area (Å²) in [7, 11) is 0. The third-order valence-corrected chi connectivity index (χ3v) is 2.14. The highest BCUT2D eigenvalue weighted by atomic mass is 19.1.